The first kappa shape index (κ1) is 16.9. The highest BCUT2D eigenvalue weighted by molar-refractivity contribution is 5.80. The van der Waals surface area contributed by atoms with E-state index in [1.807, 2.05) is 32.2 Å². The maximum absolute atomic E-state index is 11.6. The number of aromatic nitrogens is 1. The number of nitrogens with one attached hydrogen (secondary N) is 1. The summed E-state index contributed by atoms with van der Waals surface area (Å²) in [4.78, 5) is 16.0. The zero-order valence-electron chi connectivity index (χ0n) is 14.1. The molecule has 1 aliphatic carbocycles. The lowest BCUT2D eigenvalue weighted by Gasteiger charge is -2.36. The number of hydrogen-bond acceptors (Lipinski definition) is 4. The summed E-state index contributed by atoms with van der Waals surface area (Å²) in [5, 5.41) is 3.51. The second-order valence-electron chi connectivity index (χ2n) is 6.86. The van der Waals surface area contributed by atoms with Crippen LogP contribution in [-0.2, 0) is 11.2 Å². The van der Waals surface area contributed by atoms with Gasteiger partial charge in [-0.05, 0) is 24.8 Å². The molecule has 0 saturated heterocycles. The molecule has 1 N–H and O–H groups in total. The standard InChI is InChI=1S/C18H28N2O2/c1-12(2)17(21)7-5-14-6-8-18(19-11-14)22-16-9-15(10-16)20-13(3)4/h6,8,11-13,15-16,20H,5,7,9-10H2,1-4H3/t15-,16+. The molecule has 0 amide bonds. The third-order valence-electron chi connectivity index (χ3n) is 4.05. The average molecular weight is 304 g/mol. The average Bonchev–Trinajstić information content (AvgIpc) is 2.43. The quantitative estimate of drug-likeness (QED) is 0.801. The van der Waals surface area contributed by atoms with Crippen LogP contribution in [0.5, 0.6) is 5.88 Å². The van der Waals surface area contributed by atoms with Crippen LogP contribution < -0.4 is 10.1 Å². The minimum atomic E-state index is 0.113. The van der Waals surface area contributed by atoms with Crippen LogP contribution in [0.1, 0.15) is 52.5 Å². The zero-order chi connectivity index (χ0) is 16.1. The number of ether oxygens (including phenoxy) is 1. The highest BCUT2D eigenvalue weighted by Crippen LogP contribution is 2.25. The number of hydrogen-bond donors (Lipinski definition) is 1. The van der Waals surface area contributed by atoms with E-state index in [2.05, 4.69) is 24.1 Å². The van der Waals surface area contributed by atoms with Crippen LogP contribution in [0.2, 0.25) is 0 Å². The Balaban J connectivity index is 1.72. The van der Waals surface area contributed by atoms with Crippen LogP contribution in [0, 0.1) is 5.92 Å². The van der Waals surface area contributed by atoms with Crippen molar-refractivity contribution in [2.75, 3.05) is 0 Å². The molecule has 2 rings (SSSR count). The number of carbonyl (C=O) groups excluding carboxylic acids is 1. The highest BCUT2D eigenvalue weighted by atomic mass is 16.5. The Morgan fingerprint density at radius 3 is 2.59 bits per heavy atom. The van der Waals surface area contributed by atoms with E-state index < -0.39 is 0 Å². The van der Waals surface area contributed by atoms with Gasteiger partial charge in [0.25, 0.3) is 0 Å². The van der Waals surface area contributed by atoms with E-state index in [-0.39, 0.29) is 12.0 Å². The van der Waals surface area contributed by atoms with Crippen LogP contribution in [0.4, 0.5) is 0 Å². The second kappa shape index (κ2) is 7.73. The summed E-state index contributed by atoms with van der Waals surface area (Å²) in [6.45, 7) is 8.21. The number of carbonyl (C=O) groups is 1. The van der Waals surface area contributed by atoms with Gasteiger partial charge in [0.15, 0.2) is 0 Å². The first-order valence-electron chi connectivity index (χ1n) is 8.34. The molecule has 0 aliphatic heterocycles. The third kappa shape index (κ3) is 5.09. The van der Waals surface area contributed by atoms with Crippen LogP contribution in [0.25, 0.3) is 0 Å². The van der Waals surface area contributed by atoms with Crippen LogP contribution in [0.3, 0.4) is 0 Å². The number of aryl methyl sites for hydroxylation is 1. The Morgan fingerprint density at radius 2 is 2.05 bits per heavy atom. The molecular formula is C18H28N2O2. The maximum atomic E-state index is 11.6. The molecule has 4 nitrogen and oxygen atoms in total. The minimum Gasteiger partial charge on any atom is -0.474 e. The van der Waals surface area contributed by atoms with Crippen molar-refractivity contribution in [2.24, 2.45) is 5.92 Å². The Labute approximate surface area is 133 Å². The highest BCUT2D eigenvalue weighted by Gasteiger charge is 2.31. The molecule has 0 radical (unpaired) electrons. The number of ketones is 1. The van der Waals surface area contributed by atoms with E-state index in [0.717, 1.165) is 24.8 Å². The molecule has 0 unspecified atom stereocenters. The monoisotopic (exact) mass is 304 g/mol. The second-order valence-corrected chi connectivity index (χ2v) is 6.86. The molecule has 122 valence electrons. The summed E-state index contributed by atoms with van der Waals surface area (Å²) in [7, 11) is 0. The zero-order valence-corrected chi connectivity index (χ0v) is 14.1. The fourth-order valence-electron chi connectivity index (χ4n) is 2.62. The summed E-state index contributed by atoms with van der Waals surface area (Å²) in [5.74, 6) is 1.10. The van der Waals surface area contributed by atoms with Gasteiger partial charge in [-0.1, -0.05) is 33.8 Å². The molecule has 0 spiro atoms. The lowest BCUT2D eigenvalue weighted by molar-refractivity contribution is -0.121. The molecule has 22 heavy (non-hydrogen) atoms. The summed E-state index contributed by atoms with van der Waals surface area (Å²) in [5.41, 5.74) is 1.09. The van der Waals surface area contributed by atoms with Gasteiger partial charge in [-0.15, -0.1) is 0 Å². The van der Waals surface area contributed by atoms with Gasteiger partial charge >= 0.3 is 0 Å². The van der Waals surface area contributed by atoms with Gasteiger partial charge in [-0.3, -0.25) is 4.79 Å². The van der Waals surface area contributed by atoms with Gasteiger partial charge in [0.1, 0.15) is 11.9 Å². The molecule has 1 aromatic rings. The van der Waals surface area contributed by atoms with E-state index in [1.165, 1.54) is 0 Å². The van der Waals surface area contributed by atoms with Crippen molar-refractivity contribution in [3.8, 4) is 5.88 Å². The lowest BCUT2D eigenvalue weighted by Crippen LogP contribution is -2.49. The predicted octanol–water partition coefficient (Wildman–Crippen LogP) is 3.15. The van der Waals surface area contributed by atoms with Crippen molar-refractivity contribution in [2.45, 2.75) is 71.6 Å². The van der Waals surface area contributed by atoms with Crippen molar-refractivity contribution in [3.05, 3.63) is 23.9 Å². The van der Waals surface area contributed by atoms with E-state index >= 15 is 0 Å². The number of nitrogens with zero attached hydrogens (tertiary/aromatic N) is 1. The molecule has 1 saturated carbocycles. The molecular weight excluding hydrogens is 276 g/mol. The van der Waals surface area contributed by atoms with Gasteiger partial charge in [0.2, 0.25) is 5.88 Å². The molecule has 0 aromatic carbocycles. The van der Waals surface area contributed by atoms with E-state index in [1.54, 1.807) is 0 Å². The smallest absolute Gasteiger partial charge is 0.213 e. The van der Waals surface area contributed by atoms with Crippen LogP contribution in [-0.4, -0.2) is 29.0 Å². The molecule has 1 aliphatic rings. The molecule has 0 atom stereocenters. The summed E-state index contributed by atoms with van der Waals surface area (Å²) < 4.78 is 5.86. The van der Waals surface area contributed by atoms with E-state index in [0.29, 0.717) is 30.2 Å². The summed E-state index contributed by atoms with van der Waals surface area (Å²) in [6.07, 6.45) is 5.54. The van der Waals surface area contributed by atoms with Gasteiger partial charge in [0.05, 0.1) is 0 Å². The van der Waals surface area contributed by atoms with Gasteiger partial charge in [-0.2, -0.15) is 0 Å². The topological polar surface area (TPSA) is 51.2 Å². The first-order valence-corrected chi connectivity index (χ1v) is 8.34. The fraction of sp³-hybridized carbons (Fsp3) is 0.667. The Hall–Kier alpha value is -1.42. The number of rotatable bonds is 8. The largest absolute Gasteiger partial charge is 0.474 e. The van der Waals surface area contributed by atoms with Gasteiger partial charge < -0.3 is 10.1 Å². The molecule has 1 fully saturated rings. The summed E-state index contributed by atoms with van der Waals surface area (Å²) in [6, 6.07) is 5.03. The molecule has 4 heteroatoms. The Kier molecular flexibility index (Phi) is 5.95. The Morgan fingerprint density at radius 1 is 1.32 bits per heavy atom. The minimum absolute atomic E-state index is 0.113. The third-order valence-corrected chi connectivity index (χ3v) is 4.05. The van der Waals surface area contributed by atoms with Gasteiger partial charge in [-0.25, -0.2) is 4.98 Å². The van der Waals surface area contributed by atoms with Crippen molar-refractivity contribution >= 4 is 5.78 Å². The van der Waals surface area contributed by atoms with E-state index in [9.17, 15) is 4.79 Å². The van der Waals surface area contributed by atoms with Gasteiger partial charge in [0, 0.05) is 36.7 Å². The SMILES string of the molecule is CC(C)N[C@H]1C[C@@H](Oc2ccc(CCC(=O)C(C)C)cn2)C1. The van der Waals surface area contributed by atoms with Crippen molar-refractivity contribution in [1.82, 2.24) is 10.3 Å². The normalized spacial score (nSPS) is 21.0. The number of pyridine rings is 1. The fourth-order valence-corrected chi connectivity index (χ4v) is 2.62. The lowest BCUT2D eigenvalue weighted by atomic mass is 9.89. The first-order chi connectivity index (χ1) is 10.4. The van der Waals surface area contributed by atoms with Crippen molar-refractivity contribution in [1.29, 1.82) is 0 Å². The van der Waals surface area contributed by atoms with Crippen molar-refractivity contribution in [3.63, 3.8) is 0 Å². The van der Waals surface area contributed by atoms with E-state index in [4.69, 9.17) is 4.74 Å². The maximum Gasteiger partial charge on any atom is 0.213 e. The predicted molar refractivity (Wildman–Crippen MR) is 88.1 cm³/mol. The van der Waals surface area contributed by atoms with Crippen LogP contribution >= 0.6 is 0 Å². The molecule has 1 heterocycles. The Bertz CT molecular complexity index is 476. The summed E-state index contributed by atoms with van der Waals surface area (Å²) >= 11 is 0. The molecule has 1 aromatic heterocycles. The van der Waals surface area contributed by atoms with Crippen molar-refractivity contribution < 1.29 is 9.53 Å². The number of Topliss-reactive ketones (excluding diaryl/α,β-unsaturated/α-hetero) is 1. The molecule has 0 bridgehead atoms. The van der Waals surface area contributed by atoms with Crippen LogP contribution in [0.15, 0.2) is 18.3 Å².